The number of rotatable bonds is 24. The summed E-state index contributed by atoms with van der Waals surface area (Å²) in [6.07, 6.45) is 5.96. The maximum Gasteiger partial charge on any atom is 0.501 e. The molecule has 3 saturated carbocycles. The third kappa shape index (κ3) is 13.8. The van der Waals surface area contributed by atoms with Crippen molar-refractivity contribution in [2.75, 3.05) is 88.0 Å². The van der Waals surface area contributed by atoms with Gasteiger partial charge >= 0.3 is 5.51 Å². The number of thioether (sulfide) groups is 1. The number of unbranched alkanes of at least 4 members (excludes halogenated alkanes) is 2. The highest BCUT2D eigenvalue weighted by Crippen LogP contribution is 2.79. The van der Waals surface area contributed by atoms with Gasteiger partial charge in [-0.05, 0) is 154 Å². The van der Waals surface area contributed by atoms with Crippen LogP contribution in [0.5, 0.6) is 0 Å². The van der Waals surface area contributed by atoms with Crippen LogP contribution >= 0.6 is 11.8 Å². The summed E-state index contributed by atoms with van der Waals surface area (Å²) < 4.78 is 127. The minimum atomic E-state index is -6.15. The quantitative estimate of drug-likeness (QED) is 0.0196. The molecule has 3 N–H and O–H groups in total. The molecule has 0 aromatic heterocycles. The first-order valence-electron chi connectivity index (χ1n) is 31.1. The van der Waals surface area contributed by atoms with E-state index < -0.39 is 94.3 Å². The van der Waals surface area contributed by atoms with Crippen LogP contribution in [0.1, 0.15) is 128 Å². The molecule has 8 aliphatic rings. The summed E-state index contributed by atoms with van der Waals surface area (Å²) in [5, 5.41) is 5.26. The lowest BCUT2D eigenvalue weighted by atomic mass is 9.32. The highest BCUT2D eigenvalue weighted by molar-refractivity contribution is 7.99. The van der Waals surface area contributed by atoms with E-state index >= 15 is 0 Å². The number of sulfonamides is 1. The Kier molecular flexibility index (Phi) is 18.9. The molecule has 3 saturated heterocycles. The highest BCUT2D eigenvalue weighted by Gasteiger charge is 2.73. The maximum absolute atomic E-state index is 14.5. The lowest BCUT2D eigenvalue weighted by Crippen LogP contribution is -2.66. The van der Waals surface area contributed by atoms with Gasteiger partial charge in [0.05, 0.1) is 21.7 Å². The molecule has 5 amide bonds. The molecule has 0 radical (unpaired) electrons. The monoisotopic (exact) mass is 1300 g/mol. The van der Waals surface area contributed by atoms with Gasteiger partial charge in [0.2, 0.25) is 18.2 Å². The predicted molar refractivity (Wildman–Crippen MR) is 332 cm³/mol. The van der Waals surface area contributed by atoms with E-state index in [4.69, 9.17) is 0 Å². The predicted octanol–water partition coefficient (Wildman–Crippen LogP) is 9.56. The summed E-state index contributed by atoms with van der Waals surface area (Å²) in [6, 6.07) is 21.5. The summed E-state index contributed by atoms with van der Waals surface area (Å²) >= 11 is 1.42. The molecule has 4 heterocycles. The Bertz CT molecular complexity index is 3650. The van der Waals surface area contributed by atoms with Crippen molar-refractivity contribution in [3.8, 4) is 0 Å². The van der Waals surface area contributed by atoms with E-state index in [2.05, 4.69) is 44.1 Å². The summed E-state index contributed by atoms with van der Waals surface area (Å²) in [7, 11) is -11.1. The molecule has 484 valence electrons. The molecule has 4 aliphatic heterocycles. The van der Waals surface area contributed by atoms with E-state index in [0.29, 0.717) is 82.2 Å². The smallest absolute Gasteiger partial charge is 0.380 e. The number of carbonyl (C=O) groups excluding carboxylic acids is 5. The van der Waals surface area contributed by atoms with Crippen LogP contribution in [0.25, 0.3) is 0 Å². The number of fused-ring (bicyclic) bond motifs is 1. The molecule has 6 fully saturated rings. The molecule has 4 aromatic carbocycles. The molecular formula is C65H77F5N8O9S3. The average Bonchev–Trinajstić information content (AvgIpc) is 0.830. The van der Waals surface area contributed by atoms with Gasteiger partial charge in [-0.15, -0.1) is 11.8 Å². The van der Waals surface area contributed by atoms with Crippen LogP contribution in [-0.2, 0) is 35.9 Å². The fourth-order valence-electron chi connectivity index (χ4n) is 14.4. The lowest BCUT2D eigenvalue weighted by Gasteiger charge is -2.72. The number of allylic oxidation sites excluding steroid dienone is 1. The van der Waals surface area contributed by atoms with Crippen LogP contribution in [0.15, 0.2) is 117 Å². The molecule has 2 bridgehead atoms. The third-order valence-electron chi connectivity index (χ3n) is 19.5. The van der Waals surface area contributed by atoms with Gasteiger partial charge < -0.3 is 20.0 Å². The van der Waals surface area contributed by atoms with Crippen molar-refractivity contribution in [1.82, 2.24) is 29.6 Å². The largest absolute Gasteiger partial charge is 0.501 e. The zero-order valence-electron chi connectivity index (χ0n) is 50.6. The van der Waals surface area contributed by atoms with Gasteiger partial charge in [-0.25, -0.2) is 30.3 Å². The number of piperidine rings is 1. The molecule has 4 aromatic rings. The van der Waals surface area contributed by atoms with Crippen LogP contribution in [-0.4, -0.2) is 168 Å². The number of nitrogens with one attached hydrogen (secondary N) is 3. The summed E-state index contributed by atoms with van der Waals surface area (Å²) in [4.78, 5) is 73.5. The summed E-state index contributed by atoms with van der Waals surface area (Å²) in [6.45, 7) is 12.4. The van der Waals surface area contributed by atoms with Gasteiger partial charge in [-0.2, -0.15) is 13.2 Å². The number of halogens is 5. The molecule has 4 aliphatic carbocycles. The zero-order valence-corrected chi connectivity index (χ0v) is 53.0. The van der Waals surface area contributed by atoms with Crippen molar-refractivity contribution < 1.29 is 62.8 Å². The number of benzene rings is 4. The molecule has 25 heteroatoms. The van der Waals surface area contributed by atoms with Crippen molar-refractivity contribution >= 4 is 72.5 Å². The van der Waals surface area contributed by atoms with Crippen LogP contribution in [0, 0.1) is 16.2 Å². The number of hydrogen-bond donors (Lipinski definition) is 3. The third-order valence-corrected chi connectivity index (χ3v) is 23.5. The van der Waals surface area contributed by atoms with Crippen LogP contribution < -0.4 is 20.3 Å². The minimum Gasteiger partial charge on any atom is -0.380 e. The molecular weight excluding hydrogens is 1230 g/mol. The van der Waals surface area contributed by atoms with Crippen molar-refractivity contribution in [2.24, 2.45) is 16.2 Å². The van der Waals surface area contributed by atoms with E-state index in [-0.39, 0.29) is 34.8 Å². The van der Waals surface area contributed by atoms with Crippen molar-refractivity contribution in [3.05, 3.63) is 124 Å². The second-order valence-corrected chi connectivity index (χ2v) is 31.0. The molecule has 1 unspecified atom stereocenters. The van der Waals surface area contributed by atoms with Gasteiger partial charge in [0.1, 0.15) is 10.9 Å². The Labute approximate surface area is 526 Å². The molecule has 90 heavy (non-hydrogen) atoms. The standard InChI is InChI=1S/C65H77F5N8O9S3/c1-62(2)25-23-45(51(37-62)63-40-64(41-63,42-63)61(66)67)38-76-32-34-77(35-33-76)47-17-15-44(16-18-47)57(80)73-90(86,87)49-19-20-52(54(36-49)89(84,85)65(68,69)70)71-46(39-88-48-12-6-3-7-13-48)24-27-75-30-28-74(29-31-75)26-8-4-5-10-43-11-9-14-50-56(43)60(83)78(59(50)82)53-21-22-55(79)72-58(53)81/h3,6-7,9,11-20,36,46,53,61,71H,4-5,8,10,21-35,37-42H2,1-2H3,(H,73,80)(H,72,79,81)/t46-,53?,63?,64?/m1/s1. The number of piperazine rings is 2. The van der Waals surface area contributed by atoms with Gasteiger partial charge in [-0.1, -0.05) is 61.7 Å². The number of anilines is 2. The topological polar surface area (TPSA) is 206 Å². The number of nitrogens with zero attached hydrogens (tertiary/aromatic N) is 5. The van der Waals surface area contributed by atoms with Crippen LogP contribution in [0.3, 0.4) is 0 Å². The van der Waals surface area contributed by atoms with E-state index in [0.717, 1.165) is 111 Å². The SMILES string of the molecule is CC1(C)CCC(CN2CCN(c3ccc(C(=O)NS(=O)(=O)c4ccc(N[C@H](CCN5CCN(CCCCCc6cccc7c6C(=O)N(C6CCC(=O)NC6=O)C7=O)CC5)CSc5ccccc5)c(S(=O)(=O)C(F)(F)F)c4)cc3)CC2)=C(C23CC(C(F)F)(C2)C3)C1. The van der Waals surface area contributed by atoms with Crippen LogP contribution in [0.2, 0.25) is 0 Å². The number of hydrogen-bond acceptors (Lipinski definition) is 15. The lowest BCUT2D eigenvalue weighted by molar-refractivity contribution is -0.250. The van der Waals surface area contributed by atoms with Gasteiger partial charge in [0, 0.05) is 105 Å². The number of aryl methyl sites for hydroxylation is 1. The molecule has 2 atom stereocenters. The Balaban J connectivity index is 0.677. The van der Waals surface area contributed by atoms with Gasteiger partial charge in [-0.3, -0.25) is 39.1 Å². The normalized spacial score (nSPS) is 23.8. The van der Waals surface area contributed by atoms with E-state index in [1.165, 1.54) is 35.0 Å². The number of carbonyl (C=O) groups is 5. The first-order chi connectivity index (χ1) is 42.7. The van der Waals surface area contributed by atoms with E-state index in [1.54, 1.807) is 24.3 Å². The van der Waals surface area contributed by atoms with Crippen molar-refractivity contribution in [2.45, 2.75) is 136 Å². The number of amides is 5. The first-order valence-corrected chi connectivity index (χ1v) is 35.0. The Morgan fingerprint density at radius 1 is 0.767 bits per heavy atom. The summed E-state index contributed by atoms with van der Waals surface area (Å²) in [5.41, 5.74) is -2.13. The highest BCUT2D eigenvalue weighted by atomic mass is 32.2. The first kappa shape index (κ1) is 65.2. The average molecular weight is 1310 g/mol. The Hall–Kier alpha value is -6.25. The fraction of sp³-hybridized carbons (Fsp3) is 0.523. The molecule has 0 spiro atoms. The number of sulfone groups is 1. The summed E-state index contributed by atoms with van der Waals surface area (Å²) in [5.74, 6) is -2.93. The molecule has 12 rings (SSSR count). The molecule has 17 nitrogen and oxygen atoms in total. The maximum atomic E-state index is 14.5. The van der Waals surface area contributed by atoms with Crippen molar-refractivity contribution in [1.29, 1.82) is 0 Å². The number of imide groups is 2. The second kappa shape index (κ2) is 26.0. The van der Waals surface area contributed by atoms with E-state index in [1.807, 2.05) is 41.1 Å². The second-order valence-electron chi connectivity index (χ2n) is 26.3. The number of alkyl halides is 5. The zero-order chi connectivity index (χ0) is 64.0. The van der Waals surface area contributed by atoms with E-state index in [9.17, 15) is 62.8 Å². The minimum absolute atomic E-state index is 0.0355. The van der Waals surface area contributed by atoms with Gasteiger partial charge in [0.15, 0.2) is 0 Å². The van der Waals surface area contributed by atoms with Gasteiger partial charge in [0.25, 0.3) is 37.6 Å². The van der Waals surface area contributed by atoms with Crippen LogP contribution in [0.4, 0.5) is 33.3 Å². The van der Waals surface area contributed by atoms with Crippen molar-refractivity contribution in [3.63, 3.8) is 0 Å². The Morgan fingerprint density at radius 2 is 1.44 bits per heavy atom. The fourth-order valence-corrected chi connectivity index (χ4v) is 17.5. The Morgan fingerprint density at radius 3 is 2.11 bits per heavy atom.